The molecule has 4 rings (SSSR count). The SMILES string of the molecule is O=C1NC(C2(O)C(=O)Nc3ccccc32)C(=O)N1Cc1ccccc1. The largest absolute Gasteiger partial charge is 0.373 e. The lowest BCUT2D eigenvalue weighted by atomic mass is 9.87. The van der Waals surface area contributed by atoms with Crippen molar-refractivity contribution in [3.63, 3.8) is 0 Å². The zero-order valence-corrected chi connectivity index (χ0v) is 13.1. The molecule has 7 heteroatoms. The van der Waals surface area contributed by atoms with Gasteiger partial charge in [-0.1, -0.05) is 48.5 Å². The molecule has 0 bridgehead atoms. The van der Waals surface area contributed by atoms with E-state index < -0.39 is 29.5 Å². The summed E-state index contributed by atoms with van der Waals surface area (Å²) in [6.45, 7) is 0.0708. The van der Waals surface area contributed by atoms with Crippen LogP contribution in [-0.2, 0) is 21.7 Å². The Morgan fingerprint density at radius 3 is 2.44 bits per heavy atom. The fourth-order valence-electron chi connectivity index (χ4n) is 3.27. The van der Waals surface area contributed by atoms with Crippen molar-refractivity contribution in [2.45, 2.75) is 18.2 Å². The number of anilines is 1. The van der Waals surface area contributed by atoms with Crippen molar-refractivity contribution in [3.05, 3.63) is 65.7 Å². The standard InChI is InChI=1S/C18H15N3O4/c22-15-14(18(25)12-8-4-5-9-13(12)19-16(18)23)20-17(24)21(15)10-11-6-2-1-3-7-11/h1-9,14,25H,10H2,(H,19,23)(H,20,24). The van der Waals surface area contributed by atoms with Crippen molar-refractivity contribution in [2.24, 2.45) is 0 Å². The molecule has 2 aromatic carbocycles. The topological polar surface area (TPSA) is 98.7 Å². The molecule has 1 saturated heterocycles. The summed E-state index contributed by atoms with van der Waals surface area (Å²) in [5.74, 6) is -1.36. The van der Waals surface area contributed by atoms with Crippen LogP contribution in [-0.4, -0.2) is 33.9 Å². The fraction of sp³-hybridized carbons (Fsp3) is 0.167. The number of aliphatic hydroxyl groups is 1. The molecule has 0 saturated carbocycles. The van der Waals surface area contributed by atoms with Gasteiger partial charge in [0.25, 0.3) is 11.8 Å². The molecule has 0 radical (unpaired) electrons. The van der Waals surface area contributed by atoms with Crippen LogP contribution < -0.4 is 10.6 Å². The van der Waals surface area contributed by atoms with E-state index in [1.54, 1.807) is 48.5 Å². The summed E-state index contributed by atoms with van der Waals surface area (Å²) < 4.78 is 0. The van der Waals surface area contributed by atoms with E-state index in [0.717, 1.165) is 10.5 Å². The van der Waals surface area contributed by atoms with Gasteiger partial charge in [-0.3, -0.25) is 14.5 Å². The number of para-hydroxylation sites is 1. The zero-order chi connectivity index (χ0) is 17.6. The first-order chi connectivity index (χ1) is 12.0. The fourth-order valence-corrected chi connectivity index (χ4v) is 3.27. The van der Waals surface area contributed by atoms with Gasteiger partial charge in [-0.15, -0.1) is 0 Å². The Kier molecular flexibility index (Phi) is 3.33. The summed E-state index contributed by atoms with van der Waals surface area (Å²) in [5, 5.41) is 16.0. The van der Waals surface area contributed by atoms with E-state index in [9.17, 15) is 19.5 Å². The van der Waals surface area contributed by atoms with Crippen LogP contribution >= 0.6 is 0 Å². The number of carbonyl (C=O) groups excluding carboxylic acids is 3. The number of rotatable bonds is 3. The smallest absolute Gasteiger partial charge is 0.325 e. The highest BCUT2D eigenvalue weighted by molar-refractivity contribution is 6.13. The molecule has 2 aliphatic rings. The van der Waals surface area contributed by atoms with Crippen molar-refractivity contribution in [1.82, 2.24) is 10.2 Å². The second-order valence-electron chi connectivity index (χ2n) is 6.06. The number of amides is 4. The Bertz CT molecular complexity index is 883. The van der Waals surface area contributed by atoms with Crippen LogP contribution in [0.1, 0.15) is 11.1 Å². The van der Waals surface area contributed by atoms with Gasteiger partial charge in [0.15, 0.2) is 11.6 Å². The molecule has 0 spiro atoms. The Balaban J connectivity index is 1.67. The summed E-state index contributed by atoms with van der Waals surface area (Å²) in [4.78, 5) is 38.4. The Hall–Kier alpha value is -3.19. The Morgan fingerprint density at radius 1 is 1.00 bits per heavy atom. The molecule has 2 atom stereocenters. The minimum Gasteiger partial charge on any atom is -0.373 e. The maximum Gasteiger partial charge on any atom is 0.325 e. The summed E-state index contributed by atoms with van der Waals surface area (Å²) in [7, 11) is 0. The van der Waals surface area contributed by atoms with E-state index in [0.29, 0.717) is 5.69 Å². The van der Waals surface area contributed by atoms with Crippen LogP contribution in [0.5, 0.6) is 0 Å². The quantitative estimate of drug-likeness (QED) is 0.726. The van der Waals surface area contributed by atoms with Gasteiger partial charge in [-0.25, -0.2) is 4.79 Å². The van der Waals surface area contributed by atoms with Gasteiger partial charge in [-0.05, 0) is 11.6 Å². The molecular weight excluding hydrogens is 322 g/mol. The number of carbonyl (C=O) groups is 3. The number of hydrogen-bond acceptors (Lipinski definition) is 4. The van der Waals surface area contributed by atoms with Gasteiger partial charge in [0, 0.05) is 11.3 Å². The Labute approximate surface area is 143 Å². The number of nitrogens with one attached hydrogen (secondary N) is 2. The second-order valence-corrected chi connectivity index (χ2v) is 6.06. The molecular formula is C18H15N3O4. The molecule has 1 fully saturated rings. The minimum atomic E-state index is -2.13. The average molecular weight is 337 g/mol. The number of hydrogen-bond donors (Lipinski definition) is 3. The molecule has 0 aromatic heterocycles. The van der Waals surface area contributed by atoms with Crippen molar-refractivity contribution in [2.75, 3.05) is 5.32 Å². The van der Waals surface area contributed by atoms with Crippen LogP contribution in [0.25, 0.3) is 0 Å². The van der Waals surface area contributed by atoms with Crippen molar-refractivity contribution in [1.29, 1.82) is 0 Å². The van der Waals surface area contributed by atoms with Gasteiger partial charge >= 0.3 is 6.03 Å². The highest BCUT2D eigenvalue weighted by Gasteiger charge is 2.59. The van der Waals surface area contributed by atoms with Crippen LogP contribution in [0.3, 0.4) is 0 Å². The van der Waals surface area contributed by atoms with E-state index in [2.05, 4.69) is 10.6 Å². The molecule has 2 unspecified atom stereocenters. The third-order valence-corrected chi connectivity index (χ3v) is 4.56. The third kappa shape index (κ3) is 2.20. The molecule has 126 valence electrons. The van der Waals surface area contributed by atoms with E-state index in [1.165, 1.54) is 0 Å². The maximum atomic E-state index is 12.8. The van der Waals surface area contributed by atoms with Crippen LogP contribution in [0.4, 0.5) is 10.5 Å². The minimum absolute atomic E-state index is 0.0708. The number of imide groups is 1. The predicted octanol–water partition coefficient (Wildman–Crippen LogP) is 0.947. The third-order valence-electron chi connectivity index (χ3n) is 4.56. The molecule has 7 nitrogen and oxygen atoms in total. The summed E-state index contributed by atoms with van der Waals surface area (Å²) in [5.41, 5.74) is -0.650. The normalized spacial score (nSPS) is 24.9. The number of benzene rings is 2. The van der Waals surface area contributed by atoms with Crippen molar-refractivity contribution < 1.29 is 19.5 Å². The zero-order valence-electron chi connectivity index (χ0n) is 13.1. The first-order valence-electron chi connectivity index (χ1n) is 7.81. The van der Waals surface area contributed by atoms with Crippen LogP contribution in [0.2, 0.25) is 0 Å². The molecule has 25 heavy (non-hydrogen) atoms. The van der Waals surface area contributed by atoms with Gasteiger partial charge < -0.3 is 15.7 Å². The van der Waals surface area contributed by atoms with Crippen LogP contribution in [0.15, 0.2) is 54.6 Å². The average Bonchev–Trinajstić information content (AvgIpc) is 3.05. The summed E-state index contributed by atoms with van der Waals surface area (Å²) in [6, 6.07) is 13.6. The highest BCUT2D eigenvalue weighted by Crippen LogP contribution is 2.40. The van der Waals surface area contributed by atoms with E-state index >= 15 is 0 Å². The molecule has 3 N–H and O–H groups in total. The molecule has 4 amide bonds. The molecule has 2 heterocycles. The highest BCUT2D eigenvalue weighted by atomic mass is 16.3. The van der Waals surface area contributed by atoms with E-state index in [1.807, 2.05) is 6.07 Å². The van der Waals surface area contributed by atoms with Gasteiger partial charge in [-0.2, -0.15) is 0 Å². The first-order valence-corrected chi connectivity index (χ1v) is 7.81. The monoisotopic (exact) mass is 337 g/mol. The summed E-state index contributed by atoms with van der Waals surface area (Å²) in [6.07, 6.45) is 0. The number of fused-ring (bicyclic) bond motifs is 1. The summed E-state index contributed by atoms with van der Waals surface area (Å²) >= 11 is 0. The van der Waals surface area contributed by atoms with Crippen molar-refractivity contribution in [3.8, 4) is 0 Å². The second kappa shape index (κ2) is 5.42. The van der Waals surface area contributed by atoms with E-state index in [-0.39, 0.29) is 12.1 Å². The van der Waals surface area contributed by atoms with Crippen molar-refractivity contribution >= 4 is 23.5 Å². The van der Waals surface area contributed by atoms with Gasteiger partial charge in [0.2, 0.25) is 0 Å². The maximum absolute atomic E-state index is 12.8. The van der Waals surface area contributed by atoms with Gasteiger partial charge in [0.05, 0.1) is 6.54 Å². The molecule has 2 aliphatic heterocycles. The predicted molar refractivity (Wildman–Crippen MR) is 88.3 cm³/mol. The lowest BCUT2D eigenvalue weighted by molar-refractivity contribution is -0.145. The van der Waals surface area contributed by atoms with Crippen LogP contribution in [0, 0.1) is 0 Å². The number of urea groups is 1. The number of nitrogens with zero attached hydrogens (tertiary/aromatic N) is 1. The lowest BCUT2D eigenvalue weighted by Crippen LogP contribution is -2.54. The molecule has 2 aromatic rings. The van der Waals surface area contributed by atoms with Gasteiger partial charge in [0.1, 0.15) is 0 Å². The lowest BCUT2D eigenvalue weighted by Gasteiger charge is -2.25. The molecule has 0 aliphatic carbocycles. The van der Waals surface area contributed by atoms with E-state index in [4.69, 9.17) is 0 Å². The Morgan fingerprint density at radius 2 is 1.68 bits per heavy atom. The first kappa shape index (κ1) is 15.3.